The second-order valence-corrected chi connectivity index (χ2v) is 2.68. The molecule has 0 bridgehead atoms. The molecule has 0 aliphatic rings. The van der Waals surface area contributed by atoms with Gasteiger partial charge in [0, 0.05) is 6.61 Å². The van der Waals surface area contributed by atoms with Crippen molar-refractivity contribution in [1.82, 2.24) is 0 Å². The Morgan fingerprint density at radius 3 is 2.92 bits per heavy atom. The minimum Gasteiger partial charge on any atom is -0.369 e. The van der Waals surface area contributed by atoms with Crippen molar-refractivity contribution in [3.05, 3.63) is 24.8 Å². The molecule has 0 rings (SSSR count). The van der Waals surface area contributed by atoms with Gasteiger partial charge in [-0.15, -0.1) is 0 Å². The number of rotatable bonds is 6. The van der Waals surface area contributed by atoms with Gasteiger partial charge in [0.15, 0.2) is 0 Å². The molecule has 0 saturated heterocycles. The molecule has 1 heteroatoms. The maximum absolute atomic E-state index is 5.28. The van der Waals surface area contributed by atoms with Crippen molar-refractivity contribution in [1.29, 1.82) is 0 Å². The fourth-order valence-corrected chi connectivity index (χ4v) is 0.794. The predicted molar refractivity (Wildman–Crippen MR) is 57.5 cm³/mol. The summed E-state index contributed by atoms with van der Waals surface area (Å²) in [6.45, 7) is 7.08. The van der Waals surface area contributed by atoms with E-state index in [1.807, 2.05) is 6.08 Å². The van der Waals surface area contributed by atoms with Gasteiger partial charge in [0.2, 0.25) is 0 Å². The Balaban J connectivity index is 3.17. The molecule has 0 aromatic rings. The van der Waals surface area contributed by atoms with Crippen LogP contribution >= 0.6 is 0 Å². The highest BCUT2D eigenvalue weighted by Gasteiger charge is 1.84. The zero-order valence-electron chi connectivity index (χ0n) is 8.38. The number of hydrogen-bond acceptors (Lipinski definition) is 1. The highest BCUT2D eigenvalue weighted by atomic mass is 16.5. The molecule has 0 radical (unpaired) electrons. The highest BCUT2D eigenvalue weighted by Crippen LogP contribution is 1.93. The molecule has 0 aliphatic heterocycles. The van der Waals surface area contributed by atoms with Crippen LogP contribution in [-0.4, -0.2) is 13.2 Å². The molecule has 0 atom stereocenters. The van der Waals surface area contributed by atoms with Gasteiger partial charge in [-0.05, 0) is 12.5 Å². The Labute approximate surface area is 81.5 Å². The average Bonchev–Trinajstić information content (AvgIpc) is 2.16. The SMILES string of the molecule is C=CC=CC#CCOCCCCC. The fourth-order valence-electron chi connectivity index (χ4n) is 0.794. The lowest BCUT2D eigenvalue weighted by atomic mass is 10.3. The first kappa shape index (κ1) is 12.0. The first-order valence-corrected chi connectivity index (χ1v) is 4.75. The van der Waals surface area contributed by atoms with Crippen LogP contribution in [0.3, 0.4) is 0 Å². The van der Waals surface area contributed by atoms with Crippen LogP contribution in [0.25, 0.3) is 0 Å². The highest BCUT2D eigenvalue weighted by molar-refractivity contribution is 5.18. The van der Waals surface area contributed by atoms with Crippen molar-refractivity contribution < 1.29 is 4.74 Å². The van der Waals surface area contributed by atoms with Crippen LogP contribution in [0.4, 0.5) is 0 Å². The van der Waals surface area contributed by atoms with Crippen molar-refractivity contribution in [2.75, 3.05) is 13.2 Å². The first-order valence-electron chi connectivity index (χ1n) is 4.75. The molecule has 0 N–H and O–H groups in total. The third kappa shape index (κ3) is 11.0. The summed E-state index contributed by atoms with van der Waals surface area (Å²) in [7, 11) is 0. The minimum absolute atomic E-state index is 0.533. The Morgan fingerprint density at radius 2 is 2.23 bits per heavy atom. The smallest absolute Gasteiger partial charge is 0.108 e. The third-order valence-corrected chi connectivity index (χ3v) is 1.48. The number of ether oxygens (including phenoxy) is 1. The van der Waals surface area contributed by atoms with Crippen LogP contribution in [0.1, 0.15) is 26.2 Å². The summed E-state index contributed by atoms with van der Waals surface area (Å²) in [4.78, 5) is 0. The van der Waals surface area contributed by atoms with Crippen molar-refractivity contribution in [2.45, 2.75) is 26.2 Å². The van der Waals surface area contributed by atoms with Crippen LogP contribution in [0.5, 0.6) is 0 Å². The molecule has 0 saturated carbocycles. The summed E-state index contributed by atoms with van der Waals surface area (Å²) < 4.78 is 5.28. The van der Waals surface area contributed by atoms with E-state index in [0.717, 1.165) is 13.0 Å². The molecule has 1 nitrogen and oxygen atoms in total. The van der Waals surface area contributed by atoms with Crippen molar-refractivity contribution in [3.63, 3.8) is 0 Å². The molecule has 0 heterocycles. The number of unbranched alkanes of at least 4 members (excludes halogenated alkanes) is 2. The molecular formula is C12H18O. The van der Waals surface area contributed by atoms with Crippen LogP contribution in [0, 0.1) is 11.8 Å². The summed E-state index contributed by atoms with van der Waals surface area (Å²) in [6.07, 6.45) is 8.89. The van der Waals surface area contributed by atoms with E-state index in [0.29, 0.717) is 6.61 Å². The lowest BCUT2D eigenvalue weighted by molar-refractivity contribution is 0.162. The lowest BCUT2D eigenvalue weighted by Gasteiger charge is -1.96. The van der Waals surface area contributed by atoms with Crippen molar-refractivity contribution in [2.24, 2.45) is 0 Å². The van der Waals surface area contributed by atoms with Crippen LogP contribution in [0.2, 0.25) is 0 Å². The second-order valence-electron chi connectivity index (χ2n) is 2.68. The van der Waals surface area contributed by atoms with E-state index in [4.69, 9.17) is 4.74 Å². The lowest BCUT2D eigenvalue weighted by Crippen LogP contribution is -1.93. The van der Waals surface area contributed by atoms with E-state index < -0.39 is 0 Å². The van der Waals surface area contributed by atoms with Gasteiger partial charge in [0.1, 0.15) is 6.61 Å². The van der Waals surface area contributed by atoms with Gasteiger partial charge in [0.25, 0.3) is 0 Å². The van der Waals surface area contributed by atoms with E-state index in [1.165, 1.54) is 12.8 Å². The van der Waals surface area contributed by atoms with Gasteiger partial charge >= 0.3 is 0 Å². The van der Waals surface area contributed by atoms with E-state index in [9.17, 15) is 0 Å². The molecule has 0 aromatic heterocycles. The van der Waals surface area contributed by atoms with Crippen molar-refractivity contribution >= 4 is 0 Å². The van der Waals surface area contributed by atoms with E-state index in [2.05, 4.69) is 25.3 Å². The standard InChI is InChI=1S/C12H18O/c1-3-5-7-8-10-12-13-11-9-6-4-2/h3,5,7H,1,4,6,9,11-12H2,2H3. The maximum Gasteiger partial charge on any atom is 0.108 e. The molecule has 0 unspecified atom stereocenters. The third-order valence-electron chi connectivity index (χ3n) is 1.48. The molecule has 0 amide bonds. The summed E-state index contributed by atoms with van der Waals surface area (Å²) in [6, 6.07) is 0. The van der Waals surface area contributed by atoms with Crippen LogP contribution in [-0.2, 0) is 4.74 Å². The largest absolute Gasteiger partial charge is 0.369 e. The Kier molecular flexibility index (Phi) is 10.2. The monoisotopic (exact) mass is 178 g/mol. The molecule has 13 heavy (non-hydrogen) atoms. The van der Waals surface area contributed by atoms with E-state index in [1.54, 1.807) is 12.2 Å². The summed E-state index contributed by atoms with van der Waals surface area (Å²) in [5.74, 6) is 5.74. The Bertz CT molecular complexity index is 193. The summed E-state index contributed by atoms with van der Waals surface area (Å²) in [5.41, 5.74) is 0. The Morgan fingerprint density at radius 1 is 1.38 bits per heavy atom. The van der Waals surface area contributed by atoms with Crippen molar-refractivity contribution in [3.8, 4) is 11.8 Å². The van der Waals surface area contributed by atoms with E-state index >= 15 is 0 Å². The van der Waals surface area contributed by atoms with Crippen LogP contribution < -0.4 is 0 Å². The van der Waals surface area contributed by atoms with Gasteiger partial charge in [-0.2, -0.15) is 0 Å². The molecule has 0 spiro atoms. The second kappa shape index (κ2) is 11.0. The molecule has 0 fully saturated rings. The fraction of sp³-hybridized carbons (Fsp3) is 0.500. The molecular weight excluding hydrogens is 160 g/mol. The van der Waals surface area contributed by atoms with Gasteiger partial charge in [0.05, 0.1) is 0 Å². The maximum atomic E-state index is 5.28. The van der Waals surface area contributed by atoms with Gasteiger partial charge in [-0.25, -0.2) is 0 Å². The summed E-state index contributed by atoms with van der Waals surface area (Å²) >= 11 is 0. The average molecular weight is 178 g/mol. The number of hydrogen-bond donors (Lipinski definition) is 0. The molecule has 72 valence electrons. The predicted octanol–water partition coefficient (Wildman–Crippen LogP) is 2.94. The minimum atomic E-state index is 0.533. The summed E-state index contributed by atoms with van der Waals surface area (Å²) in [5, 5.41) is 0. The Hall–Kier alpha value is -1.00. The first-order chi connectivity index (χ1) is 6.41. The quantitative estimate of drug-likeness (QED) is 0.345. The topological polar surface area (TPSA) is 9.23 Å². The normalized spacial score (nSPS) is 9.62. The van der Waals surface area contributed by atoms with E-state index in [-0.39, 0.29) is 0 Å². The zero-order chi connectivity index (χ0) is 9.78. The molecule has 0 aliphatic carbocycles. The number of allylic oxidation sites excluding steroid dienone is 3. The van der Waals surface area contributed by atoms with Gasteiger partial charge in [-0.3, -0.25) is 0 Å². The molecule has 0 aromatic carbocycles. The van der Waals surface area contributed by atoms with Crippen LogP contribution in [0.15, 0.2) is 24.8 Å². The van der Waals surface area contributed by atoms with Gasteiger partial charge < -0.3 is 4.74 Å². The zero-order valence-corrected chi connectivity index (χ0v) is 8.38. The van der Waals surface area contributed by atoms with Gasteiger partial charge in [-0.1, -0.05) is 50.3 Å².